The molecule has 2 heterocycles. The van der Waals surface area contributed by atoms with E-state index in [0.29, 0.717) is 0 Å². The molecule has 2 aromatic carbocycles. The monoisotopic (exact) mass is 466 g/mol. The molecule has 3 aromatic rings. The second kappa shape index (κ2) is 9.63. The van der Waals surface area contributed by atoms with Gasteiger partial charge in [-0.3, -0.25) is 15.7 Å². The first-order valence-corrected chi connectivity index (χ1v) is 10.4. The first kappa shape index (κ1) is 22.8. The molecule has 0 aliphatic carbocycles. The molecule has 1 aliphatic rings. The summed E-state index contributed by atoms with van der Waals surface area (Å²) in [6.07, 6.45) is -0.198. The Morgan fingerprint density at radius 3 is 1.91 bits per heavy atom. The van der Waals surface area contributed by atoms with E-state index in [-0.39, 0.29) is 37.7 Å². The lowest BCUT2D eigenvalue weighted by molar-refractivity contribution is -0.151. The number of cyclic esters (lactones) is 1. The van der Waals surface area contributed by atoms with Crippen molar-refractivity contribution < 1.29 is 19.0 Å². The van der Waals surface area contributed by atoms with Crippen LogP contribution in [-0.2, 0) is 38.8 Å². The molecule has 1 atom stereocenters. The third kappa shape index (κ3) is 4.99. The van der Waals surface area contributed by atoms with Crippen molar-refractivity contribution in [3.8, 4) is 0 Å². The number of hydrogen-bond donors (Lipinski definition) is 3. The van der Waals surface area contributed by atoms with Gasteiger partial charge in [-0.2, -0.15) is 0 Å². The van der Waals surface area contributed by atoms with Crippen LogP contribution in [0.25, 0.3) is 0 Å². The molecule has 34 heavy (non-hydrogen) atoms. The van der Waals surface area contributed by atoms with E-state index in [1.54, 1.807) is 0 Å². The predicted octanol–water partition coefficient (Wildman–Crippen LogP) is 0.472. The van der Waals surface area contributed by atoms with E-state index in [1.807, 2.05) is 70.6 Å². The summed E-state index contributed by atoms with van der Waals surface area (Å²) in [5.41, 5.74) is 3.44. The van der Waals surface area contributed by atoms with Crippen LogP contribution in [0.2, 0.25) is 0 Å². The Bertz CT molecular complexity index is 1340. The van der Waals surface area contributed by atoms with Gasteiger partial charge >= 0.3 is 23.0 Å². The molecule has 0 radical (unpaired) electrons. The van der Waals surface area contributed by atoms with Crippen molar-refractivity contribution in [1.29, 1.82) is 0 Å². The van der Waals surface area contributed by atoms with Crippen LogP contribution in [0.4, 0.5) is 0 Å². The Balaban J connectivity index is 1.61. The third-order valence-electron chi connectivity index (χ3n) is 5.14. The minimum atomic E-state index is -1.81. The molecule has 0 fully saturated rings. The second-order valence-electron chi connectivity index (χ2n) is 7.58. The Kier molecular flexibility index (Phi) is 6.46. The van der Waals surface area contributed by atoms with Crippen LogP contribution in [0.15, 0.2) is 86.6 Å². The van der Waals surface area contributed by atoms with Gasteiger partial charge in [0.15, 0.2) is 0 Å². The molecule has 0 saturated heterocycles. The topological polar surface area (TPSA) is 158 Å². The van der Waals surface area contributed by atoms with Crippen LogP contribution in [0, 0.1) is 0 Å². The van der Waals surface area contributed by atoms with Crippen LogP contribution in [0.5, 0.6) is 0 Å². The van der Waals surface area contributed by atoms with Gasteiger partial charge in [0.1, 0.15) is 13.2 Å². The number of ether oxygens (including phenoxy) is 3. The quantitative estimate of drug-likeness (QED) is 0.384. The molecule has 0 spiro atoms. The van der Waals surface area contributed by atoms with Gasteiger partial charge < -0.3 is 14.2 Å². The molecule has 1 unspecified atom stereocenters. The lowest BCUT2D eigenvalue weighted by Gasteiger charge is -2.25. The van der Waals surface area contributed by atoms with Crippen molar-refractivity contribution in [2.24, 2.45) is 5.73 Å². The van der Waals surface area contributed by atoms with Crippen molar-refractivity contribution in [2.45, 2.75) is 31.9 Å². The highest BCUT2D eigenvalue weighted by molar-refractivity contribution is 5.90. The average Bonchev–Trinajstić information content (AvgIpc) is 3.05. The number of nitrogens with two attached hydrogens (primary N) is 1. The first-order valence-electron chi connectivity index (χ1n) is 10.4. The van der Waals surface area contributed by atoms with E-state index >= 15 is 0 Å². The van der Waals surface area contributed by atoms with Gasteiger partial charge in [0.05, 0.1) is 0 Å². The van der Waals surface area contributed by atoms with E-state index < -0.39 is 28.8 Å². The number of nitrogens with zero attached hydrogens (tertiary/aromatic N) is 1. The fraction of sp³-hybridized carbons (Fsp3) is 0.217. The van der Waals surface area contributed by atoms with Crippen molar-refractivity contribution in [1.82, 2.24) is 14.5 Å². The van der Waals surface area contributed by atoms with Crippen LogP contribution < -0.4 is 22.8 Å². The first-order chi connectivity index (χ1) is 16.4. The summed E-state index contributed by atoms with van der Waals surface area (Å²) in [7, 11) is 0. The summed E-state index contributed by atoms with van der Waals surface area (Å²) in [6.45, 7) is -0.124. The molecule has 0 amide bonds. The van der Waals surface area contributed by atoms with Crippen molar-refractivity contribution in [2.75, 3.05) is 0 Å². The Labute approximate surface area is 192 Å². The molecule has 1 aliphatic heterocycles. The minimum absolute atomic E-state index is 0.0498. The number of carbonyl (C=O) groups is 1. The number of rotatable bonds is 9. The zero-order valence-corrected chi connectivity index (χ0v) is 18.0. The average molecular weight is 466 g/mol. The SMILES string of the molecule is NC1(CCn2c(=O)[nH]c(=O)[nH]c2=O)OC(=O)C(OCc2ccccc2)=C1OCc1ccccc1. The summed E-state index contributed by atoms with van der Waals surface area (Å²) >= 11 is 0. The molecule has 1 aromatic heterocycles. The number of esters is 1. The van der Waals surface area contributed by atoms with Crippen LogP contribution in [0.1, 0.15) is 17.5 Å². The summed E-state index contributed by atoms with van der Waals surface area (Å²) in [5, 5.41) is 0. The number of carbonyl (C=O) groups excluding carboxylic acids is 1. The van der Waals surface area contributed by atoms with Crippen LogP contribution >= 0.6 is 0 Å². The number of hydrogen-bond acceptors (Lipinski definition) is 8. The van der Waals surface area contributed by atoms with E-state index in [1.165, 1.54) is 0 Å². The molecule has 0 bridgehead atoms. The van der Waals surface area contributed by atoms with Gasteiger partial charge in [0.25, 0.3) is 0 Å². The Morgan fingerprint density at radius 2 is 1.35 bits per heavy atom. The summed E-state index contributed by atoms with van der Waals surface area (Å²) < 4.78 is 17.8. The third-order valence-corrected chi connectivity index (χ3v) is 5.14. The van der Waals surface area contributed by atoms with Gasteiger partial charge in [-0.15, -0.1) is 0 Å². The van der Waals surface area contributed by atoms with E-state index in [9.17, 15) is 19.2 Å². The maximum absolute atomic E-state index is 12.7. The summed E-state index contributed by atoms with van der Waals surface area (Å²) in [5.74, 6) is -1.07. The molecule has 0 saturated carbocycles. The molecule has 11 heteroatoms. The predicted molar refractivity (Wildman–Crippen MR) is 119 cm³/mol. The zero-order valence-electron chi connectivity index (χ0n) is 18.0. The zero-order chi connectivity index (χ0) is 24.1. The normalized spacial score (nSPS) is 17.5. The standard InChI is InChI=1S/C23H22N4O7/c24-23(11-12-27-21(30)25-20(29)26-22(27)31)18(33-14-16-9-5-2-6-10-16)17(19(28)34-23)32-13-15-7-3-1-4-8-15/h1-10H,11-14,24H2,(H2,25,26,29,30,31). The highest BCUT2D eigenvalue weighted by Gasteiger charge is 2.48. The van der Waals surface area contributed by atoms with Crippen LogP contribution in [0.3, 0.4) is 0 Å². The van der Waals surface area contributed by atoms with E-state index in [4.69, 9.17) is 19.9 Å². The molecule has 4 rings (SSSR count). The van der Waals surface area contributed by atoms with Gasteiger partial charge in [0.2, 0.25) is 17.2 Å². The number of H-pyrrole nitrogens is 2. The fourth-order valence-electron chi connectivity index (χ4n) is 3.41. The van der Waals surface area contributed by atoms with Crippen molar-refractivity contribution in [3.63, 3.8) is 0 Å². The van der Waals surface area contributed by atoms with Gasteiger partial charge in [-0.25, -0.2) is 23.7 Å². The highest BCUT2D eigenvalue weighted by Crippen LogP contribution is 2.34. The molecule has 11 nitrogen and oxygen atoms in total. The lowest BCUT2D eigenvalue weighted by atomic mass is 10.1. The Hall–Kier alpha value is -4.38. The second-order valence-corrected chi connectivity index (χ2v) is 7.58. The molecule has 4 N–H and O–H groups in total. The number of aromatic amines is 2. The summed E-state index contributed by atoms with van der Waals surface area (Å²) in [4.78, 5) is 51.9. The Morgan fingerprint density at radius 1 is 0.824 bits per heavy atom. The number of benzene rings is 2. The van der Waals surface area contributed by atoms with Crippen LogP contribution in [-0.4, -0.2) is 26.2 Å². The molecule has 176 valence electrons. The van der Waals surface area contributed by atoms with Crippen molar-refractivity contribution >= 4 is 5.97 Å². The van der Waals surface area contributed by atoms with Gasteiger partial charge in [-0.1, -0.05) is 60.7 Å². The maximum Gasteiger partial charge on any atom is 0.379 e. The number of nitrogens with one attached hydrogen (secondary N) is 2. The molecular weight excluding hydrogens is 444 g/mol. The fourth-order valence-corrected chi connectivity index (χ4v) is 3.41. The number of aromatic nitrogens is 3. The summed E-state index contributed by atoms with van der Waals surface area (Å²) in [6, 6.07) is 18.4. The highest BCUT2D eigenvalue weighted by atomic mass is 16.6. The minimum Gasteiger partial charge on any atom is -0.484 e. The van der Waals surface area contributed by atoms with Gasteiger partial charge in [-0.05, 0) is 11.1 Å². The van der Waals surface area contributed by atoms with Crippen molar-refractivity contribution in [3.05, 3.63) is 115 Å². The molecular formula is C23H22N4O7. The van der Waals surface area contributed by atoms with Gasteiger partial charge in [0, 0.05) is 13.0 Å². The smallest absolute Gasteiger partial charge is 0.379 e. The maximum atomic E-state index is 12.7. The largest absolute Gasteiger partial charge is 0.484 e. The lowest BCUT2D eigenvalue weighted by Crippen LogP contribution is -2.48. The van der Waals surface area contributed by atoms with E-state index in [2.05, 4.69) is 0 Å². The van der Waals surface area contributed by atoms with E-state index in [0.717, 1.165) is 15.7 Å².